The van der Waals surface area contributed by atoms with E-state index in [1.807, 2.05) is 6.92 Å². The molecule has 1 saturated heterocycles. The molecule has 1 heterocycles. The molecule has 4 nitrogen and oxygen atoms in total. The molecule has 1 atom stereocenters. The van der Waals surface area contributed by atoms with E-state index in [9.17, 15) is 10.2 Å². The Balaban J connectivity index is 2.15. The molecule has 3 N–H and O–H groups in total. The van der Waals surface area contributed by atoms with E-state index in [-0.39, 0.29) is 6.10 Å². The summed E-state index contributed by atoms with van der Waals surface area (Å²) in [7, 11) is 0. The van der Waals surface area contributed by atoms with Gasteiger partial charge < -0.3 is 20.3 Å². The van der Waals surface area contributed by atoms with Crippen LogP contribution in [0.2, 0.25) is 0 Å². The topological polar surface area (TPSA) is 61.7 Å². The molecule has 84 valence electrons. The Kier molecular flexibility index (Phi) is 4.81. The average Bonchev–Trinajstić information content (AvgIpc) is 2.18. The van der Waals surface area contributed by atoms with Crippen LogP contribution in [0.4, 0.5) is 0 Å². The van der Waals surface area contributed by atoms with Gasteiger partial charge in [0.05, 0.1) is 11.7 Å². The monoisotopic (exact) mass is 203 g/mol. The van der Waals surface area contributed by atoms with E-state index in [1.165, 1.54) is 0 Å². The van der Waals surface area contributed by atoms with Crippen molar-refractivity contribution in [3.8, 4) is 0 Å². The summed E-state index contributed by atoms with van der Waals surface area (Å²) in [6.45, 7) is 4.31. The lowest BCUT2D eigenvalue weighted by Crippen LogP contribution is -2.46. The molecule has 0 aromatic rings. The normalized spacial score (nSPS) is 23.4. The van der Waals surface area contributed by atoms with Crippen molar-refractivity contribution in [1.29, 1.82) is 0 Å². The van der Waals surface area contributed by atoms with Gasteiger partial charge in [-0.2, -0.15) is 0 Å². The van der Waals surface area contributed by atoms with Crippen molar-refractivity contribution in [1.82, 2.24) is 5.32 Å². The van der Waals surface area contributed by atoms with Crippen LogP contribution in [-0.2, 0) is 4.74 Å². The first-order chi connectivity index (χ1) is 6.66. The van der Waals surface area contributed by atoms with Crippen molar-refractivity contribution in [2.75, 3.05) is 26.3 Å². The Morgan fingerprint density at radius 2 is 2.07 bits per heavy atom. The highest BCUT2D eigenvalue weighted by atomic mass is 16.5. The molecule has 0 bridgehead atoms. The van der Waals surface area contributed by atoms with Crippen molar-refractivity contribution >= 4 is 0 Å². The van der Waals surface area contributed by atoms with E-state index >= 15 is 0 Å². The van der Waals surface area contributed by atoms with Crippen molar-refractivity contribution in [3.05, 3.63) is 0 Å². The van der Waals surface area contributed by atoms with E-state index in [4.69, 9.17) is 4.74 Å². The minimum atomic E-state index is -0.633. The number of nitrogens with one attached hydrogen (secondary N) is 1. The molecule has 1 aliphatic heterocycles. The molecule has 1 rings (SSSR count). The predicted molar refractivity (Wildman–Crippen MR) is 54.2 cm³/mol. The van der Waals surface area contributed by atoms with Gasteiger partial charge >= 0.3 is 0 Å². The minimum absolute atomic E-state index is 0.307. The Labute approximate surface area is 85.3 Å². The number of rotatable bonds is 5. The van der Waals surface area contributed by atoms with Crippen LogP contribution in [0.3, 0.4) is 0 Å². The summed E-state index contributed by atoms with van der Waals surface area (Å²) in [5.41, 5.74) is -0.633. The maximum absolute atomic E-state index is 10.0. The van der Waals surface area contributed by atoms with Gasteiger partial charge in [0.25, 0.3) is 0 Å². The molecule has 0 saturated carbocycles. The fraction of sp³-hybridized carbons (Fsp3) is 1.00. The highest BCUT2D eigenvalue weighted by Gasteiger charge is 2.29. The van der Waals surface area contributed by atoms with Gasteiger partial charge in [-0.05, 0) is 6.42 Å². The Morgan fingerprint density at radius 3 is 2.64 bits per heavy atom. The van der Waals surface area contributed by atoms with Gasteiger partial charge in [-0.15, -0.1) is 0 Å². The fourth-order valence-electron chi connectivity index (χ4n) is 1.54. The van der Waals surface area contributed by atoms with Crippen molar-refractivity contribution in [2.45, 2.75) is 37.9 Å². The molecule has 0 radical (unpaired) electrons. The standard InChI is InChI=1S/C10H21NO3/c1-2-9(12)7-11-8-10(13)3-5-14-6-4-10/h9,11-13H,2-8H2,1H3. The van der Waals surface area contributed by atoms with Crippen LogP contribution in [-0.4, -0.2) is 48.2 Å². The number of hydrogen-bond acceptors (Lipinski definition) is 4. The first-order valence-corrected chi connectivity index (χ1v) is 5.35. The van der Waals surface area contributed by atoms with Crippen LogP contribution in [0.5, 0.6) is 0 Å². The van der Waals surface area contributed by atoms with Gasteiger partial charge in [0.15, 0.2) is 0 Å². The summed E-state index contributed by atoms with van der Waals surface area (Å²) in [6, 6.07) is 0. The van der Waals surface area contributed by atoms with Gasteiger partial charge in [0, 0.05) is 39.1 Å². The first-order valence-electron chi connectivity index (χ1n) is 5.35. The summed E-state index contributed by atoms with van der Waals surface area (Å²) >= 11 is 0. The number of ether oxygens (including phenoxy) is 1. The third-order valence-electron chi connectivity index (χ3n) is 2.73. The van der Waals surface area contributed by atoms with E-state index in [0.717, 1.165) is 6.42 Å². The molecule has 1 fully saturated rings. The maximum Gasteiger partial charge on any atom is 0.0815 e. The average molecular weight is 203 g/mol. The lowest BCUT2D eigenvalue weighted by molar-refractivity contribution is -0.0623. The van der Waals surface area contributed by atoms with E-state index < -0.39 is 5.60 Å². The van der Waals surface area contributed by atoms with E-state index in [2.05, 4.69) is 5.32 Å². The zero-order chi connectivity index (χ0) is 10.4. The molecule has 14 heavy (non-hydrogen) atoms. The molecule has 0 spiro atoms. The van der Waals surface area contributed by atoms with E-state index in [1.54, 1.807) is 0 Å². The zero-order valence-electron chi connectivity index (χ0n) is 8.83. The number of aliphatic hydroxyl groups excluding tert-OH is 1. The lowest BCUT2D eigenvalue weighted by Gasteiger charge is -2.32. The van der Waals surface area contributed by atoms with Crippen LogP contribution < -0.4 is 5.32 Å². The van der Waals surface area contributed by atoms with Crippen LogP contribution in [0.1, 0.15) is 26.2 Å². The van der Waals surface area contributed by atoms with E-state index in [0.29, 0.717) is 39.1 Å². The number of aliphatic hydroxyl groups is 2. The summed E-state index contributed by atoms with van der Waals surface area (Å²) < 4.78 is 5.18. The largest absolute Gasteiger partial charge is 0.392 e. The smallest absolute Gasteiger partial charge is 0.0815 e. The molecule has 0 aromatic heterocycles. The summed E-state index contributed by atoms with van der Waals surface area (Å²) in [6.07, 6.45) is 1.80. The molecular formula is C10H21NO3. The Hall–Kier alpha value is -0.160. The molecule has 1 unspecified atom stereocenters. The fourth-order valence-corrected chi connectivity index (χ4v) is 1.54. The van der Waals surface area contributed by atoms with Crippen LogP contribution in [0, 0.1) is 0 Å². The third-order valence-corrected chi connectivity index (χ3v) is 2.73. The van der Waals surface area contributed by atoms with Crippen molar-refractivity contribution < 1.29 is 14.9 Å². The Bertz CT molecular complexity index is 157. The van der Waals surface area contributed by atoms with Gasteiger partial charge in [-0.3, -0.25) is 0 Å². The second kappa shape index (κ2) is 5.66. The second-order valence-electron chi connectivity index (χ2n) is 4.03. The van der Waals surface area contributed by atoms with Crippen molar-refractivity contribution in [2.24, 2.45) is 0 Å². The van der Waals surface area contributed by atoms with Crippen LogP contribution >= 0.6 is 0 Å². The summed E-state index contributed by atoms with van der Waals surface area (Å²) in [4.78, 5) is 0. The van der Waals surface area contributed by atoms with Crippen LogP contribution in [0.15, 0.2) is 0 Å². The SMILES string of the molecule is CCC(O)CNCC1(O)CCOCC1. The molecule has 0 aromatic carbocycles. The summed E-state index contributed by atoms with van der Waals surface area (Å²) in [5.74, 6) is 0. The maximum atomic E-state index is 10.0. The lowest BCUT2D eigenvalue weighted by atomic mass is 9.94. The summed E-state index contributed by atoms with van der Waals surface area (Å²) in [5, 5.41) is 22.4. The van der Waals surface area contributed by atoms with Crippen LogP contribution in [0.25, 0.3) is 0 Å². The van der Waals surface area contributed by atoms with Gasteiger partial charge in [-0.1, -0.05) is 6.92 Å². The highest BCUT2D eigenvalue weighted by molar-refractivity contribution is 4.83. The molecule has 0 amide bonds. The third kappa shape index (κ3) is 3.92. The van der Waals surface area contributed by atoms with Crippen molar-refractivity contribution in [3.63, 3.8) is 0 Å². The predicted octanol–water partition coefficient (Wildman–Crippen LogP) is -0.112. The molecule has 1 aliphatic rings. The van der Waals surface area contributed by atoms with Gasteiger partial charge in [0.2, 0.25) is 0 Å². The molecule has 0 aliphatic carbocycles. The van der Waals surface area contributed by atoms with Gasteiger partial charge in [0.1, 0.15) is 0 Å². The molecule has 4 heteroatoms. The number of hydrogen-bond donors (Lipinski definition) is 3. The minimum Gasteiger partial charge on any atom is -0.392 e. The highest BCUT2D eigenvalue weighted by Crippen LogP contribution is 2.19. The quantitative estimate of drug-likeness (QED) is 0.583. The van der Waals surface area contributed by atoms with Gasteiger partial charge in [-0.25, -0.2) is 0 Å². The second-order valence-corrected chi connectivity index (χ2v) is 4.03. The molecular weight excluding hydrogens is 182 g/mol. The first kappa shape index (κ1) is 11.9. The Morgan fingerprint density at radius 1 is 1.43 bits per heavy atom. The zero-order valence-corrected chi connectivity index (χ0v) is 8.83.